The van der Waals surface area contributed by atoms with Crippen molar-refractivity contribution in [3.05, 3.63) is 34.9 Å². The Balaban J connectivity index is 0.000000127. The molecule has 12 fully saturated rings. The number of fused-ring (bicyclic) bond motifs is 24. The summed E-state index contributed by atoms with van der Waals surface area (Å²) in [6.07, 6.45) is 27.1. The summed E-state index contributed by atoms with van der Waals surface area (Å²) in [5, 5.41) is 11.2. The van der Waals surface area contributed by atoms with Gasteiger partial charge in [-0.1, -0.05) is 94.7 Å². The maximum atomic E-state index is 12.5. The molecule has 12 aliphatic carbocycles. The first-order chi connectivity index (χ1) is 42.3. The van der Waals surface area contributed by atoms with Crippen LogP contribution in [0.3, 0.4) is 0 Å². The second-order valence-corrected chi connectivity index (χ2v) is 49.1. The fraction of sp³-hybridized carbons (Fsp3) is 0.899. The van der Waals surface area contributed by atoms with E-state index in [1.807, 2.05) is 39.8 Å². The number of rotatable bonds is 4. The Morgan fingerprint density at radius 2 is 0.804 bits per heavy atom. The summed E-state index contributed by atoms with van der Waals surface area (Å²) < 4.78 is 53.9. The van der Waals surface area contributed by atoms with Crippen LogP contribution >= 0.6 is 0 Å². The van der Waals surface area contributed by atoms with Crippen molar-refractivity contribution in [2.45, 2.75) is 356 Å². The highest BCUT2D eigenvalue weighted by Gasteiger charge is 2.72. The average Bonchev–Trinajstić information content (AvgIpc) is 1.42. The number of hydrogen-bond acceptors (Lipinski definition) is 11. The summed E-state index contributed by atoms with van der Waals surface area (Å²) in [6, 6.07) is 0. The zero-order chi connectivity index (χ0) is 66.9. The van der Waals surface area contributed by atoms with Crippen molar-refractivity contribution in [1.29, 1.82) is 0 Å². The molecule has 0 aromatic rings. The van der Waals surface area contributed by atoms with E-state index in [1.54, 1.807) is 5.57 Å². The molecule has 0 bridgehead atoms. The third kappa shape index (κ3) is 10.7. The van der Waals surface area contributed by atoms with E-state index in [0.717, 1.165) is 50.9 Å². The van der Waals surface area contributed by atoms with Gasteiger partial charge in [-0.15, -0.1) is 0 Å². The lowest BCUT2D eigenvalue weighted by Crippen LogP contribution is -2.62. The van der Waals surface area contributed by atoms with Crippen molar-refractivity contribution < 1.29 is 52.0 Å². The molecule has 15 rings (SSSR count). The molecule has 1 N–H and O–H groups in total. The van der Waals surface area contributed by atoms with E-state index in [9.17, 15) is 14.7 Å². The molecule has 0 spiro atoms. The molecule has 0 amide bonds. The van der Waals surface area contributed by atoms with E-state index in [-0.39, 0.29) is 91.4 Å². The summed E-state index contributed by atoms with van der Waals surface area (Å²) in [5.41, 5.74) is 4.83. The molecule has 3 saturated heterocycles. The largest absolute Gasteiger partial charge is 0.413 e. The molecule has 0 aromatic carbocycles. The first-order valence-electron chi connectivity index (χ1n) is 37.6. The smallest absolute Gasteiger partial charge is 0.192 e. The molecule has 3 heterocycles. The van der Waals surface area contributed by atoms with Gasteiger partial charge in [0.15, 0.2) is 45.6 Å². The van der Waals surface area contributed by atoms with Crippen molar-refractivity contribution in [3.63, 3.8) is 0 Å². The highest BCUT2D eigenvalue weighted by atomic mass is 28.4. The molecule has 92 heavy (non-hydrogen) atoms. The Hall–Kier alpha value is -1.37. The quantitative estimate of drug-likeness (QED) is 0.213. The topological polar surface area (TPSA) is 128 Å². The Labute approximate surface area is 559 Å². The summed E-state index contributed by atoms with van der Waals surface area (Å²) in [5.74, 6) is 4.33. The van der Waals surface area contributed by atoms with Gasteiger partial charge >= 0.3 is 0 Å². The van der Waals surface area contributed by atoms with E-state index >= 15 is 0 Å². The number of ketones is 2. The maximum absolute atomic E-state index is 12.5. The molecule has 9 saturated carbocycles. The number of aliphatic hydroxyl groups is 1. The van der Waals surface area contributed by atoms with Crippen molar-refractivity contribution >= 4 is 28.2 Å². The lowest BCUT2D eigenvalue weighted by Gasteiger charge is -2.62. The van der Waals surface area contributed by atoms with Crippen LogP contribution in [0.25, 0.3) is 0 Å². The van der Waals surface area contributed by atoms with Crippen LogP contribution in [0.2, 0.25) is 36.3 Å². The third-order valence-electron chi connectivity index (χ3n) is 31.3. The summed E-state index contributed by atoms with van der Waals surface area (Å²) in [6.45, 7) is 53.3. The lowest BCUT2D eigenvalue weighted by molar-refractivity contribution is -0.171. The van der Waals surface area contributed by atoms with Crippen molar-refractivity contribution in [3.8, 4) is 0 Å². The van der Waals surface area contributed by atoms with Gasteiger partial charge in [0.1, 0.15) is 12.2 Å². The van der Waals surface area contributed by atoms with E-state index < -0.39 is 34.0 Å². The number of carbonyl (C=O) groups excluding carboxylic acids is 2. The van der Waals surface area contributed by atoms with Gasteiger partial charge in [0.05, 0.1) is 42.7 Å². The van der Waals surface area contributed by atoms with Gasteiger partial charge in [-0.2, -0.15) is 0 Å². The first-order valence-corrected chi connectivity index (χ1v) is 43.4. The van der Waals surface area contributed by atoms with Crippen LogP contribution in [-0.4, -0.2) is 106 Å². The van der Waals surface area contributed by atoms with Crippen LogP contribution in [0.5, 0.6) is 0 Å². The Morgan fingerprint density at radius 1 is 0.435 bits per heavy atom. The van der Waals surface area contributed by atoms with Crippen LogP contribution in [0, 0.1) is 91.7 Å². The van der Waals surface area contributed by atoms with Crippen molar-refractivity contribution in [2.24, 2.45) is 91.7 Å². The van der Waals surface area contributed by atoms with Gasteiger partial charge < -0.3 is 42.4 Å². The molecular formula is C79H128O11Si2. The lowest BCUT2D eigenvalue weighted by atomic mass is 9.44. The molecule has 518 valence electrons. The van der Waals surface area contributed by atoms with Crippen LogP contribution < -0.4 is 0 Å². The number of hydrogen-bond donors (Lipinski definition) is 1. The van der Waals surface area contributed by atoms with Gasteiger partial charge in [0, 0.05) is 18.8 Å². The number of carbonyl (C=O) groups is 2. The molecule has 3 aliphatic heterocycles. The van der Waals surface area contributed by atoms with Crippen LogP contribution in [0.15, 0.2) is 34.9 Å². The average molecular weight is 1310 g/mol. The highest BCUT2D eigenvalue weighted by Crippen LogP contribution is 2.72. The molecule has 0 aromatic heterocycles. The number of ether oxygens (including phenoxy) is 6. The Bertz CT molecular complexity index is 3000. The van der Waals surface area contributed by atoms with Crippen LogP contribution in [0.1, 0.15) is 247 Å². The fourth-order valence-corrected chi connectivity index (χ4v) is 27.1. The minimum absolute atomic E-state index is 0.00384. The summed E-state index contributed by atoms with van der Waals surface area (Å²) >= 11 is 0. The number of allylic oxidation sites excluding steroid dienone is 1. The summed E-state index contributed by atoms with van der Waals surface area (Å²) in [4.78, 5) is 24.7. The summed E-state index contributed by atoms with van der Waals surface area (Å²) in [7, 11) is -3.64. The van der Waals surface area contributed by atoms with Crippen LogP contribution in [-0.2, 0) is 46.9 Å². The predicted octanol–water partition coefficient (Wildman–Crippen LogP) is 18.0. The SMILES string of the molecule is CC1(C)OC2C3=CC(=O)CC[C@]3(C)C3CC[C@]4(C)C(O[Si](C)(C)C(C)(C)C)CCC4C3C2O1.CC1(C)O[C@@H]2C3=CC(=O)CC[C@]3(C)C3CC[C@@]4(C)C(CC[C@@H]4O)C3[C@H]2O1.CC1=CC2C3OC(C)(C)OC3C3C(CC[C@]4(C)C(O[Si](C)(C)C(C)(C)C)CCC34)[C@@]2(C)CC1. The Kier molecular flexibility index (Phi) is 16.8. The zero-order valence-corrected chi connectivity index (χ0v) is 64.0. The molecule has 13 heteroatoms. The fourth-order valence-electron chi connectivity index (χ4n) is 24.2. The van der Waals surface area contributed by atoms with Gasteiger partial charge in [-0.25, -0.2) is 0 Å². The normalized spacial score (nSPS) is 49.9. The molecule has 25 atom stereocenters. The van der Waals surface area contributed by atoms with Crippen molar-refractivity contribution in [2.75, 3.05) is 0 Å². The second kappa shape index (κ2) is 22.3. The van der Waals surface area contributed by atoms with Gasteiger partial charge in [-0.3, -0.25) is 9.59 Å². The highest BCUT2D eigenvalue weighted by molar-refractivity contribution is 6.74. The van der Waals surface area contributed by atoms with E-state index in [4.69, 9.17) is 37.3 Å². The maximum Gasteiger partial charge on any atom is 0.192 e. The standard InChI is InChI=1S/C29H50O3Si.C28H46O4Si.C22H32O4/c1-18-13-15-28(7)20-14-16-29(8)19(11-12-22(29)32-33(9,10)26(2,3)4)23(20)25-24(21(28)17-18)30-27(5,6)31-25;1-25(2,3)33(8,9)32-21-11-10-18-22-19(13-15-28(18,21)7)27(6)14-12-17(29)16-20(27)23-24(22)31-26(4,5)30-23;1-20(2)25-18-15-11-12(23)7-9-21(15,3)14-8-10-22(4)13(5-6-16(22)24)17(14)19(18)26-20/h17,19-25H,11-16H2,1-10H3;16,18-19,21-24H,10-15H2,1-9H3;11,13-14,16-19,24H,5-10H2,1-4H3/t19?,20?,21?,22?,23?,24?,25?,28-,29+;18?,19?,21?,22?,23?,24?,27-,28+;13?,14?,16-,17?,18+,19+,21+,22-/m110/s1. The molecule has 11 nitrogen and oxygen atoms in total. The van der Waals surface area contributed by atoms with Gasteiger partial charge in [0.25, 0.3) is 0 Å². The van der Waals surface area contributed by atoms with Crippen LogP contribution in [0.4, 0.5) is 0 Å². The predicted molar refractivity (Wildman–Crippen MR) is 368 cm³/mol. The second-order valence-electron chi connectivity index (χ2n) is 39.6. The molecule has 15 aliphatic rings. The van der Waals surface area contributed by atoms with Crippen molar-refractivity contribution in [1.82, 2.24) is 0 Å². The van der Waals surface area contributed by atoms with E-state index in [2.05, 4.69) is 136 Å². The minimum atomic E-state index is -1.84. The van der Waals surface area contributed by atoms with E-state index in [0.29, 0.717) is 83.7 Å². The Morgan fingerprint density at radius 3 is 1.26 bits per heavy atom. The first kappa shape index (κ1) is 69.1. The van der Waals surface area contributed by atoms with Gasteiger partial charge in [-0.05, 0) is 297 Å². The van der Waals surface area contributed by atoms with E-state index in [1.165, 1.54) is 68.9 Å². The molecule has 16 unspecified atom stereocenters. The number of aliphatic hydroxyl groups excluding tert-OH is 1. The molecule has 0 radical (unpaired) electrons. The third-order valence-corrected chi connectivity index (χ3v) is 40.3. The molecular weight excluding hydrogens is 1180 g/mol. The zero-order valence-electron chi connectivity index (χ0n) is 62.0. The monoisotopic (exact) mass is 1310 g/mol. The minimum Gasteiger partial charge on any atom is -0.413 e. The van der Waals surface area contributed by atoms with Gasteiger partial charge in [0.2, 0.25) is 0 Å².